The molecule has 10 nitrogen and oxygen atoms in total. The van der Waals surface area contributed by atoms with Gasteiger partial charge in [0.2, 0.25) is 20.0 Å². The molecule has 32 heavy (non-hydrogen) atoms. The Kier molecular flexibility index (Phi) is 8.61. The molecule has 176 valence electrons. The van der Waals surface area contributed by atoms with E-state index < -0.39 is 26.0 Å². The predicted molar refractivity (Wildman–Crippen MR) is 119 cm³/mol. The van der Waals surface area contributed by atoms with E-state index >= 15 is 0 Å². The van der Waals surface area contributed by atoms with Crippen LogP contribution in [0.25, 0.3) is 0 Å². The highest BCUT2D eigenvalue weighted by Crippen LogP contribution is 2.25. The molecule has 0 spiro atoms. The van der Waals surface area contributed by atoms with E-state index in [-0.39, 0.29) is 40.2 Å². The molecule has 0 fully saturated rings. The van der Waals surface area contributed by atoms with Crippen molar-refractivity contribution in [1.29, 1.82) is 0 Å². The highest BCUT2D eigenvalue weighted by molar-refractivity contribution is 7.89. The number of sulfonamides is 2. The Hall–Kier alpha value is -2.67. The second kappa shape index (κ2) is 10.8. The summed E-state index contributed by atoms with van der Waals surface area (Å²) >= 11 is 0. The lowest BCUT2D eigenvalue weighted by atomic mass is 10.2. The first-order valence-corrected chi connectivity index (χ1v) is 12.6. The largest absolute Gasteiger partial charge is 0.497 e. The zero-order chi connectivity index (χ0) is 23.9. The van der Waals surface area contributed by atoms with Crippen molar-refractivity contribution in [3.63, 3.8) is 0 Å². The molecule has 2 aromatic carbocycles. The summed E-state index contributed by atoms with van der Waals surface area (Å²) in [6.45, 7) is 3.28. The standard InChI is InChI=1S/C20H27N3O7S2/c1-14(2)23-32(27,28)19-13-15(5-10-18(19)30-4)20(24)21-11-12-22-31(25,26)17-8-6-16(29-3)7-9-17/h5-10,13-14,22-23H,11-12H2,1-4H3,(H,21,24). The third-order valence-corrected chi connectivity index (χ3v) is 7.34. The van der Waals surface area contributed by atoms with E-state index in [0.29, 0.717) is 5.75 Å². The molecule has 2 aromatic rings. The number of methoxy groups -OCH3 is 2. The molecule has 0 radical (unpaired) electrons. The average molecular weight is 486 g/mol. The molecule has 0 aliphatic rings. The number of hydrogen-bond acceptors (Lipinski definition) is 7. The Morgan fingerprint density at radius 3 is 2.12 bits per heavy atom. The van der Waals surface area contributed by atoms with Crippen molar-refractivity contribution in [3.8, 4) is 11.5 Å². The molecule has 0 aliphatic carbocycles. The van der Waals surface area contributed by atoms with Gasteiger partial charge in [0, 0.05) is 24.7 Å². The number of hydrogen-bond donors (Lipinski definition) is 3. The Morgan fingerprint density at radius 2 is 1.56 bits per heavy atom. The Labute approximate surface area is 188 Å². The summed E-state index contributed by atoms with van der Waals surface area (Å²) in [6, 6.07) is 9.54. The first kappa shape index (κ1) is 25.6. The normalized spacial score (nSPS) is 11.9. The quantitative estimate of drug-likeness (QED) is 0.405. The molecular formula is C20H27N3O7S2. The first-order chi connectivity index (χ1) is 15.0. The number of carbonyl (C=O) groups is 1. The topological polar surface area (TPSA) is 140 Å². The lowest BCUT2D eigenvalue weighted by Gasteiger charge is -2.14. The van der Waals surface area contributed by atoms with Gasteiger partial charge in [-0.15, -0.1) is 0 Å². The van der Waals surface area contributed by atoms with E-state index in [9.17, 15) is 21.6 Å². The second-order valence-corrected chi connectivity index (χ2v) is 10.4. The van der Waals surface area contributed by atoms with Crippen molar-refractivity contribution in [2.45, 2.75) is 29.7 Å². The van der Waals surface area contributed by atoms with E-state index in [0.717, 1.165) is 0 Å². The van der Waals surface area contributed by atoms with Crippen LogP contribution >= 0.6 is 0 Å². The third-order valence-electron chi connectivity index (χ3n) is 4.18. The van der Waals surface area contributed by atoms with Gasteiger partial charge in [0.25, 0.3) is 5.91 Å². The second-order valence-electron chi connectivity index (χ2n) is 6.97. The molecule has 0 saturated carbocycles. The fourth-order valence-electron chi connectivity index (χ4n) is 2.70. The SMILES string of the molecule is COc1ccc(S(=O)(=O)NCCNC(=O)c2ccc(OC)c(S(=O)(=O)NC(C)C)c2)cc1. The fraction of sp³-hybridized carbons (Fsp3) is 0.350. The van der Waals surface area contributed by atoms with Crippen LogP contribution in [-0.2, 0) is 20.0 Å². The molecule has 0 saturated heterocycles. The van der Waals surface area contributed by atoms with Crippen LogP contribution in [0.4, 0.5) is 0 Å². The van der Waals surface area contributed by atoms with Gasteiger partial charge in [0.1, 0.15) is 16.4 Å². The Morgan fingerprint density at radius 1 is 0.906 bits per heavy atom. The maximum Gasteiger partial charge on any atom is 0.251 e. The average Bonchev–Trinajstić information content (AvgIpc) is 2.75. The number of carbonyl (C=O) groups excluding carboxylic acids is 1. The molecule has 0 atom stereocenters. The van der Waals surface area contributed by atoms with E-state index in [4.69, 9.17) is 9.47 Å². The fourth-order valence-corrected chi connectivity index (χ4v) is 5.18. The van der Waals surface area contributed by atoms with Crippen molar-refractivity contribution in [1.82, 2.24) is 14.8 Å². The van der Waals surface area contributed by atoms with Gasteiger partial charge in [-0.1, -0.05) is 0 Å². The van der Waals surface area contributed by atoms with Crippen molar-refractivity contribution >= 4 is 26.0 Å². The Bertz CT molecular complexity index is 1150. The number of rotatable bonds is 11. The van der Waals surface area contributed by atoms with Crippen molar-refractivity contribution in [3.05, 3.63) is 48.0 Å². The van der Waals surface area contributed by atoms with E-state index in [1.165, 1.54) is 56.7 Å². The summed E-state index contributed by atoms with van der Waals surface area (Å²) in [4.78, 5) is 12.3. The highest BCUT2D eigenvalue weighted by atomic mass is 32.2. The lowest BCUT2D eigenvalue weighted by molar-refractivity contribution is 0.0954. The van der Waals surface area contributed by atoms with Crippen LogP contribution in [-0.4, -0.2) is 56.1 Å². The minimum atomic E-state index is -3.89. The van der Waals surface area contributed by atoms with Crippen molar-refractivity contribution < 1.29 is 31.1 Å². The molecule has 12 heteroatoms. The van der Waals surface area contributed by atoms with Gasteiger partial charge in [-0.25, -0.2) is 26.3 Å². The zero-order valence-corrected chi connectivity index (χ0v) is 19.8. The summed E-state index contributed by atoms with van der Waals surface area (Å²) in [5, 5.41) is 2.56. The zero-order valence-electron chi connectivity index (χ0n) is 18.2. The van der Waals surface area contributed by atoms with E-state index in [2.05, 4.69) is 14.8 Å². The van der Waals surface area contributed by atoms with Crippen LogP contribution in [0, 0.1) is 0 Å². The van der Waals surface area contributed by atoms with Gasteiger partial charge in [-0.2, -0.15) is 0 Å². The monoisotopic (exact) mass is 485 g/mol. The van der Waals surface area contributed by atoms with Gasteiger partial charge in [-0.05, 0) is 56.3 Å². The highest BCUT2D eigenvalue weighted by Gasteiger charge is 2.22. The number of amides is 1. The van der Waals surface area contributed by atoms with E-state index in [1.54, 1.807) is 13.8 Å². The van der Waals surface area contributed by atoms with Crippen molar-refractivity contribution in [2.75, 3.05) is 27.3 Å². The van der Waals surface area contributed by atoms with Crippen LogP contribution in [0.1, 0.15) is 24.2 Å². The van der Waals surface area contributed by atoms with Crippen LogP contribution < -0.4 is 24.2 Å². The molecule has 1 amide bonds. The van der Waals surface area contributed by atoms with Gasteiger partial charge >= 0.3 is 0 Å². The maximum absolute atomic E-state index is 12.5. The maximum atomic E-state index is 12.5. The van der Waals surface area contributed by atoms with E-state index in [1.807, 2.05) is 0 Å². The molecule has 0 aliphatic heterocycles. The van der Waals surface area contributed by atoms with Crippen LogP contribution in [0.5, 0.6) is 11.5 Å². The lowest BCUT2D eigenvalue weighted by Crippen LogP contribution is -2.35. The molecule has 0 aromatic heterocycles. The Balaban J connectivity index is 2.03. The predicted octanol–water partition coefficient (Wildman–Crippen LogP) is 1.10. The van der Waals surface area contributed by atoms with Crippen molar-refractivity contribution in [2.24, 2.45) is 0 Å². The summed E-state index contributed by atoms with van der Waals surface area (Å²) in [5.41, 5.74) is 0.0907. The van der Waals surface area contributed by atoms with Crippen LogP contribution in [0.2, 0.25) is 0 Å². The van der Waals surface area contributed by atoms with Crippen LogP contribution in [0.3, 0.4) is 0 Å². The molecule has 0 unspecified atom stereocenters. The molecular weight excluding hydrogens is 458 g/mol. The minimum absolute atomic E-state index is 0.00737. The third kappa shape index (κ3) is 6.66. The summed E-state index contributed by atoms with van der Waals surface area (Å²) in [7, 11) is -4.84. The number of nitrogens with one attached hydrogen (secondary N) is 3. The van der Waals surface area contributed by atoms with Gasteiger partial charge in [0.15, 0.2) is 0 Å². The van der Waals surface area contributed by atoms with Crippen LogP contribution in [0.15, 0.2) is 52.3 Å². The molecule has 0 bridgehead atoms. The first-order valence-electron chi connectivity index (χ1n) is 9.62. The number of ether oxygens (including phenoxy) is 2. The summed E-state index contributed by atoms with van der Waals surface area (Å²) < 4.78 is 64.6. The van der Waals surface area contributed by atoms with Gasteiger partial charge in [0.05, 0.1) is 19.1 Å². The minimum Gasteiger partial charge on any atom is -0.497 e. The summed E-state index contributed by atoms with van der Waals surface area (Å²) in [5.74, 6) is 0.0694. The number of benzene rings is 2. The summed E-state index contributed by atoms with van der Waals surface area (Å²) in [6.07, 6.45) is 0. The van der Waals surface area contributed by atoms with Gasteiger partial charge < -0.3 is 14.8 Å². The molecule has 2 rings (SSSR count). The molecule has 3 N–H and O–H groups in total. The smallest absolute Gasteiger partial charge is 0.251 e. The molecule has 0 heterocycles. The van der Waals surface area contributed by atoms with Gasteiger partial charge in [-0.3, -0.25) is 4.79 Å².